The molecule has 1 heterocycles. The minimum Gasteiger partial charge on any atom is -0.369 e. The topological polar surface area (TPSA) is 6.48 Å². The molecule has 1 aliphatic carbocycles. The van der Waals surface area contributed by atoms with E-state index in [1.165, 1.54) is 43.7 Å². The summed E-state index contributed by atoms with van der Waals surface area (Å²) in [6, 6.07) is 8.53. The first-order valence-corrected chi connectivity index (χ1v) is 7.51. The van der Waals surface area contributed by atoms with E-state index in [1.807, 2.05) is 0 Å². The van der Waals surface area contributed by atoms with E-state index in [4.69, 9.17) is 11.6 Å². The lowest BCUT2D eigenvalue weighted by atomic mass is 10.1. The van der Waals surface area contributed by atoms with Crippen LogP contribution in [0.15, 0.2) is 24.3 Å². The second kappa shape index (κ2) is 5.50. The Morgan fingerprint density at radius 3 is 2.44 bits per heavy atom. The first-order valence-electron chi connectivity index (χ1n) is 6.98. The number of alkyl halides is 1. The Bertz CT molecular complexity index is 395. The Kier molecular flexibility index (Phi) is 3.76. The van der Waals surface area contributed by atoms with Crippen LogP contribution in [-0.2, 0) is 5.88 Å². The van der Waals surface area contributed by atoms with Crippen LogP contribution in [0.25, 0.3) is 0 Å². The molecule has 1 aromatic carbocycles. The Hall–Kier alpha value is -0.730. The fourth-order valence-corrected chi connectivity index (χ4v) is 3.00. The second-order valence-electron chi connectivity index (χ2n) is 5.49. The number of benzene rings is 1. The molecule has 0 bridgehead atoms. The van der Waals surface area contributed by atoms with Gasteiger partial charge in [0.05, 0.1) is 0 Å². The van der Waals surface area contributed by atoms with Gasteiger partial charge < -0.3 is 4.90 Å². The molecule has 0 unspecified atom stereocenters. The van der Waals surface area contributed by atoms with E-state index in [0.717, 1.165) is 19.0 Å². The van der Waals surface area contributed by atoms with Crippen molar-refractivity contribution in [1.29, 1.82) is 0 Å². The van der Waals surface area contributed by atoms with Crippen LogP contribution in [0.5, 0.6) is 0 Å². The highest BCUT2D eigenvalue weighted by Gasteiger charge is 2.26. The van der Waals surface area contributed by atoms with Crippen LogP contribution in [0, 0.1) is 5.92 Å². The van der Waals surface area contributed by atoms with Crippen molar-refractivity contribution in [2.45, 2.75) is 18.7 Å². The third-order valence-corrected chi connectivity index (χ3v) is 4.35. The molecule has 0 amide bonds. The largest absolute Gasteiger partial charge is 0.369 e. The maximum atomic E-state index is 6.02. The second-order valence-corrected chi connectivity index (χ2v) is 5.76. The summed E-state index contributed by atoms with van der Waals surface area (Å²) >= 11 is 6.02. The van der Waals surface area contributed by atoms with Gasteiger partial charge in [0.2, 0.25) is 0 Å². The number of para-hydroxylation sites is 1. The van der Waals surface area contributed by atoms with Crippen LogP contribution in [0.4, 0.5) is 5.69 Å². The summed E-state index contributed by atoms with van der Waals surface area (Å²) in [4.78, 5) is 5.11. The Morgan fingerprint density at radius 1 is 1.06 bits per heavy atom. The summed E-state index contributed by atoms with van der Waals surface area (Å²) < 4.78 is 0. The fourth-order valence-electron chi connectivity index (χ4n) is 2.77. The van der Waals surface area contributed by atoms with Gasteiger partial charge in [-0.15, -0.1) is 11.6 Å². The Morgan fingerprint density at radius 2 is 1.78 bits per heavy atom. The van der Waals surface area contributed by atoms with Gasteiger partial charge in [0.1, 0.15) is 0 Å². The SMILES string of the molecule is ClCc1ccccc1N1CCN(CC2CC2)CC1. The summed E-state index contributed by atoms with van der Waals surface area (Å²) in [5.41, 5.74) is 2.59. The van der Waals surface area contributed by atoms with E-state index >= 15 is 0 Å². The molecule has 0 N–H and O–H groups in total. The number of hydrogen-bond donors (Lipinski definition) is 0. The normalized spacial score (nSPS) is 21.3. The monoisotopic (exact) mass is 264 g/mol. The highest BCUT2D eigenvalue weighted by atomic mass is 35.5. The van der Waals surface area contributed by atoms with Crippen LogP contribution >= 0.6 is 11.6 Å². The van der Waals surface area contributed by atoms with Crippen LogP contribution in [0.1, 0.15) is 18.4 Å². The van der Waals surface area contributed by atoms with Crippen molar-refractivity contribution in [3.8, 4) is 0 Å². The number of hydrogen-bond acceptors (Lipinski definition) is 2. The lowest BCUT2D eigenvalue weighted by Crippen LogP contribution is -2.47. The molecule has 2 nitrogen and oxygen atoms in total. The molecule has 3 heteroatoms. The molecule has 0 atom stereocenters. The molecule has 18 heavy (non-hydrogen) atoms. The van der Waals surface area contributed by atoms with Gasteiger partial charge in [-0.05, 0) is 30.4 Å². The lowest BCUT2D eigenvalue weighted by molar-refractivity contribution is 0.248. The van der Waals surface area contributed by atoms with Crippen LogP contribution < -0.4 is 4.90 Å². The van der Waals surface area contributed by atoms with E-state index in [0.29, 0.717) is 5.88 Å². The predicted molar refractivity (Wildman–Crippen MR) is 77.4 cm³/mol. The van der Waals surface area contributed by atoms with Gasteiger partial charge in [-0.1, -0.05) is 18.2 Å². The van der Waals surface area contributed by atoms with Gasteiger partial charge in [-0.3, -0.25) is 4.90 Å². The van der Waals surface area contributed by atoms with Crippen molar-refractivity contribution >= 4 is 17.3 Å². The summed E-state index contributed by atoms with van der Waals surface area (Å²) in [7, 11) is 0. The van der Waals surface area contributed by atoms with Crippen LogP contribution in [0.2, 0.25) is 0 Å². The molecule has 2 fully saturated rings. The molecule has 3 rings (SSSR count). The first kappa shape index (κ1) is 12.3. The Labute approximate surface area is 115 Å². The first-order chi connectivity index (χ1) is 8.86. The van der Waals surface area contributed by atoms with E-state index in [2.05, 4.69) is 34.1 Å². The Balaban J connectivity index is 1.60. The van der Waals surface area contributed by atoms with Gasteiger partial charge >= 0.3 is 0 Å². The number of rotatable bonds is 4. The number of piperazine rings is 1. The maximum absolute atomic E-state index is 6.02. The molecular weight excluding hydrogens is 244 g/mol. The van der Waals surface area contributed by atoms with Crippen LogP contribution in [0.3, 0.4) is 0 Å². The zero-order chi connectivity index (χ0) is 12.4. The van der Waals surface area contributed by atoms with E-state index in [9.17, 15) is 0 Å². The van der Waals surface area contributed by atoms with E-state index < -0.39 is 0 Å². The lowest BCUT2D eigenvalue weighted by Gasteiger charge is -2.37. The number of anilines is 1. The van der Waals surface area contributed by atoms with Crippen LogP contribution in [-0.4, -0.2) is 37.6 Å². The predicted octanol–water partition coefficient (Wildman–Crippen LogP) is 2.96. The smallest absolute Gasteiger partial charge is 0.0494 e. The molecule has 0 spiro atoms. The third kappa shape index (κ3) is 2.81. The van der Waals surface area contributed by atoms with Gasteiger partial charge in [-0.2, -0.15) is 0 Å². The average molecular weight is 265 g/mol. The zero-order valence-electron chi connectivity index (χ0n) is 10.8. The minimum absolute atomic E-state index is 0.610. The molecule has 1 saturated carbocycles. The fraction of sp³-hybridized carbons (Fsp3) is 0.600. The van der Waals surface area contributed by atoms with Crippen molar-refractivity contribution in [2.75, 3.05) is 37.6 Å². The minimum atomic E-state index is 0.610. The van der Waals surface area contributed by atoms with Crippen molar-refractivity contribution in [1.82, 2.24) is 4.90 Å². The molecule has 1 aromatic rings. The molecule has 0 radical (unpaired) electrons. The highest BCUT2D eigenvalue weighted by molar-refractivity contribution is 6.17. The molecule has 98 valence electrons. The van der Waals surface area contributed by atoms with E-state index in [-0.39, 0.29) is 0 Å². The highest BCUT2D eigenvalue weighted by Crippen LogP contribution is 2.30. The zero-order valence-corrected chi connectivity index (χ0v) is 11.6. The van der Waals surface area contributed by atoms with Gasteiger partial charge in [0, 0.05) is 44.3 Å². The average Bonchev–Trinajstić information content (AvgIpc) is 3.24. The van der Waals surface area contributed by atoms with Crippen molar-refractivity contribution in [3.63, 3.8) is 0 Å². The summed E-state index contributed by atoms with van der Waals surface area (Å²) in [5, 5.41) is 0. The summed E-state index contributed by atoms with van der Waals surface area (Å²) in [6.45, 7) is 6.01. The number of halogens is 1. The molecule has 2 aliphatic rings. The van der Waals surface area contributed by atoms with Gasteiger partial charge in [0.15, 0.2) is 0 Å². The molecule has 0 aromatic heterocycles. The summed E-state index contributed by atoms with van der Waals surface area (Å²) in [5.74, 6) is 1.62. The van der Waals surface area contributed by atoms with E-state index in [1.54, 1.807) is 0 Å². The standard InChI is InChI=1S/C15H21ClN2/c16-11-14-3-1-2-4-15(14)18-9-7-17(8-10-18)12-13-5-6-13/h1-4,13H,5-12H2. The maximum Gasteiger partial charge on any atom is 0.0494 e. The van der Waals surface area contributed by atoms with Gasteiger partial charge in [-0.25, -0.2) is 0 Å². The van der Waals surface area contributed by atoms with Crippen molar-refractivity contribution in [3.05, 3.63) is 29.8 Å². The molecule has 1 saturated heterocycles. The quantitative estimate of drug-likeness (QED) is 0.772. The van der Waals surface area contributed by atoms with Gasteiger partial charge in [0.25, 0.3) is 0 Å². The molecular formula is C15H21ClN2. The van der Waals surface area contributed by atoms with Crippen molar-refractivity contribution in [2.24, 2.45) is 5.92 Å². The third-order valence-electron chi connectivity index (χ3n) is 4.06. The number of nitrogens with zero attached hydrogens (tertiary/aromatic N) is 2. The summed E-state index contributed by atoms with van der Waals surface area (Å²) in [6.07, 6.45) is 2.91. The van der Waals surface area contributed by atoms with Crippen molar-refractivity contribution < 1.29 is 0 Å². The molecule has 1 aliphatic heterocycles.